The lowest BCUT2D eigenvalue weighted by Gasteiger charge is -2.25. The summed E-state index contributed by atoms with van der Waals surface area (Å²) < 4.78 is 68.5. The minimum absolute atomic E-state index is 0.0154. The van der Waals surface area contributed by atoms with E-state index in [4.69, 9.17) is 46.7 Å². The molecule has 0 radical (unpaired) electrons. The van der Waals surface area contributed by atoms with Gasteiger partial charge >= 0.3 is 37.5 Å². The van der Waals surface area contributed by atoms with Crippen LogP contribution in [0.1, 0.15) is 38.0 Å². The zero-order chi connectivity index (χ0) is 48.3. The van der Waals surface area contributed by atoms with Crippen LogP contribution in [0.15, 0.2) is 85.4 Å². The fraction of sp³-hybridized carbons (Fsp3) is 0.476. The van der Waals surface area contributed by atoms with Gasteiger partial charge in [-0.2, -0.15) is 4.98 Å². The lowest BCUT2D eigenvalue weighted by molar-refractivity contribution is -0.151. The molecule has 1 aromatic carbocycles. The standard InChI is InChI=1S/C42H56N5O18P/c1-6-18-58-38(50)15-14-31(40(52)59-24-23-57-22-21-56-5)43-39(51)32(44-42(54)60-19-7-2)27-62-66(55,61-20-8-3)63-28-34-33(64-29(4)48)26-37(65-34)47-17-16-35(46-41(47)53)45-36(49)25-30-12-10-9-11-13-30/h6-13,16-17,31-34,37H,1-3,14-15,18-28H2,4-5H3,(H,43,51)(H,44,54)(H,45,46,49,53)/t31-,32-,33-,34+,37+,66?/m0/s1. The number of aromatic nitrogens is 2. The Balaban J connectivity index is 1.77. The Morgan fingerprint density at radius 1 is 0.894 bits per heavy atom. The quantitative estimate of drug-likeness (QED) is 0.0322. The van der Waals surface area contributed by atoms with E-state index in [2.05, 4.69) is 40.7 Å². The second-order valence-electron chi connectivity index (χ2n) is 13.8. The summed E-state index contributed by atoms with van der Waals surface area (Å²) in [6.07, 6.45) is -0.0890. The molecule has 0 bridgehead atoms. The maximum absolute atomic E-state index is 14.1. The van der Waals surface area contributed by atoms with E-state index in [0.29, 0.717) is 6.61 Å². The summed E-state index contributed by atoms with van der Waals surface area (Å²) in [5.41, 5.74) is -0.0670. The molecular weight excluding hydrogens is 893 g/mol. The molecule has 0 aliphatic carbocycles. The molecule has 1 fully saturated rings. The third-order valence-electron chi connectivity index (χ3n) is 8.70. The molecule has 3 N–H and O–H groups in total. The van der Waals surface area contributed by atoms with Crippen LogP contribution in [0.3, 0.4) is 0 Å². The fourth-order valence-electron chi connectivity index (χ4n) is 5.67. The first-order chi connectivity index (χ1) is 31.7. The van der Waals surface area contributed by atoms with Crippen LogP contribution in [0.2, 0.25) is 0 Å². The molecule has 23 nitrogen and oxygen atoms in total. The topological polar surface area (TPSA) is 283 Å². The molecule has 3 rings (SSSR count). The molecule has 1 aliphatic rings. The monoisotopic (exact) mass is 949 g/mol. The number of hydrogen-bond donors (Lipinski definition) is 3. The second-order valence-corrected chi connectivity index (χ2v) is 15.4. The molecule has 1 aliphatic heterocycles. The summed E-state index contributed by atoms with van der Waals surface area (Å²) in [6.45, 7) is 9.49. The Morgan fingerprint density at radius 3 is 2.29 bits per heavy atom. The van der Waals surface area contributed by atoms with Crippen molar-refractivity contribution < 1.29 is 80.1 Å². The van der Waals surface area contributed by atoms with Crippen molar-refractivity contribution >= 4 is 49.5 Å². The normalized spacial score (nSPS) is 17.2. The molecule has 3 amide bonds. The van der Waals surface area contributed by atoms with Crippen LogP contribution >= 0.6 is 7.82 Å². The molecule has 362 valence electrons. The van der Waals surface area contributed by atoms with Crippen LogP contribution < -0.4 is 21.6 Å². The van der Waals surface area contributed by atoms with E-state index in [1.807, 2.05) is 6.07 Å². The van der Waals surface area contributed by atoms with Gasteiger partial charge in [0.1, 0.15) is 56.2 Å². The first-order valence-electron chi connectivity index (χ1n) is 20.4. The molecular formula is C42H56N5O18P. The van der Waals surface area contributed by atoms with E-state index in [1.165, 1.54) is 37.6 Å². The summed E-state index contributed by atoms with van der Waals surface area (Å²) in [6, 6.07) is 7.06. The van der Waals surface area contributed by atoms with Gasteiger partial charge < -0.3 is 49.1 Å². The van der Waals surface area contributed by atoms with Gasteiger partial charge in [0.15, 0.2) is 0 Å². The van der Waals surface area contributed by atoms with Crippen LogP contribution in [-0.4, -0.2) is 136 Å². The minimum atomic E-state index is -4.76. The lowest BCUT2D eigenvalue weighted by Crippen LogP contribution is -2.54. The van der Waals surface area contributed by atoms with Gasteiger partial charge in [0.05, 0.1) is 46.1 Å². The minimum Gasteiger partial charge on any atom is -0.462 e. The van der Waals surface area contributed by atoms with E-state index >= 15 is 0 Å². The number of alkyl carbamates (subject to hydrolysis) is 1. The number of phosphoric ester groups is 1. The van der Waals surface area contributed by atoms with Gasteiger partial charge in [0.2, 0.25) is 11.8 Å². The number of benzene rings is 1. The Labute approximate surface area is 380 Å². The summed E-state index contributed by atoms with van der Waals surface area (Å²) >= 11 is 0. The van der Waals surface area contributed by atoms with Crippen molar-refractivity contribution in [3.05, 3.63) is 96.6 Å². The number of nitrogens with zero attached hydrogens (tertiary/aromatic N) is 2. The third kappa shape index (κ3) is 20.0. The van der Waals surface area contributed by atoms with Gasteiger partial charge in [0.25, 0.3) is 0 Å². The molecule has 1 unspecified atom stereocenters. The number of esters is 3. The summed E-state index contributed by atoms with van der Waals surface area (Å²) in [5, 5.41) is 7.21. The number of ether oxygens (including phenoxy) is 7. The van der Waals surface area contributed by atoms with Crippen molar-refractivity contribution in [1.82, 2.24) is 20.2 Å². The number of carbonyl (C=O) groups excluding carboxylic acids is 6. The molecule has 0 saturated carbocycles. The van der Waals surface area contributed by atoms with Crippen LogP contribution in [0.25, 0.3) is 0 Å². The maximum atomic E-state index is 14.1. The Morgan fingerprint density at radius 2 is 1.61 bits per heavy atom. The zero-order valence-corrected chi connectivity index (χ0v) is 37.6. The average Bonchev–Trinajstić information content (AvgIpc) is 3.68. The molecule has 2 heterocycles. The highest BCUT2D eigenvalue weighted by atomic mass is 31.2. The molecule has 2 aromatic rings. The van der Waals surface area contributed by atoms with E-state index in [0.717, 1.165) is 17.1 Å². The van der Waals surface area contributed by atoms with Crippen LogP contribution in [-0.2, 0) is 81.7 Å². The van der Waals surface area contributed by atoms with E-state index in [1.54, 1.807) is 24.3 Å². The number of anilines is 1. The van der Waals surface area contributed by atoms with Gasteiger partial charge in [-0.25, -0.2) is 18.9 Å². The van der Waals surface area contributed by atoms with Crippen LogP contribution in [0, 0.1) is 0 Å². The summed E-state index contributed by atoms with van der Waals surface area (Å²) in [5.74, 6) is -3.91. The second kappa shape index (κ2) is 29.5. The lowest BCUT2D eigenvalue weighted by atomic mass is 10.1. The van der Waals surface area contributed by atoms with Crippen molar-refractivity contribution in [3.63, 3.8) is 0 Å². The van der Waals surface area contributed by atoms with Crippen molar-refractivity contribution in [1.29, 1.82) is 0 Å². The highest BCUT2D eigenvalue weighted by Crippen LogP contribution is 2.50. The Bertz CT molecular complexity index is 2050. The first kappa shape index (κ1) is 54.3. The van der Waals surface area contributed by atoms with E-state index in [9.17, 15) is 38.1 Å². The van der Waals surface area contributed by atoms with Crippen molar-refractivity contribution in [3.8, 4) is 0 Å². The fourth-order valence-corrected chi connectivity index (χ4v) is 6.84. The Hall–Kier alpha value is -6.07. The van der Waals surface area contributed by atoms with Gasteiger partial charge in [-0.3, -0.25) is 37.3 Å². The number of phosphoric acid groups is 1. The van der Waals surface area contributed by atoms with Crippen molar-refractivity contribution in [2.24, 2.45) is 0 Å². The molecule has 6 atom stereocenters. The van der Waals surface area contributed by atoms with E-state index in [-0.39, 0.29) is 64.5 Å². The number of rotatable bonds is 31. The SMILES string of the molecule is C=CCOC(=O)CC[C@H](NC(=O)[C@H](COP(=O)(OCC=C)OC[C@H]1O[C@@H](n2ccc(NC(=O)Cc3ccccc3)nc2=O)C[C@@H]1OC(C)=O)NC(=O)OCC=C)C(=O)OCCOCCOC. The molecule has 1 aromatic heterocycles. The molecule has 24 heteroatoms. The predicted molar refractivity (Wildman–Crippen MR) is 231 cm³/mol. The van der Waals surface area contributed by atoms with Crippen LogP contribution in [0.4, 0.5) is 10.6 Å². The maximum Gasteiger partial charge on any atom is 0.475 e. The molecule has 1 saturated heterocycles. The number of hydrogen-bond acceptors (Lipinski definition) is 19. The number of carbonyl (C=O) groups is 6. The first-order valence-corrected chi connectivity index (χ1v) is 21.9. The highest BCUT2D eigenvalue weighted by Gasteiger charge is 2.42. The summed E-state index contributed by atoms with van der Waals surface area (Å²) in [7, 11) is -3.27. The number of methoxy groups -OCH3 is 1. The van der Waals surface area contributed by atoms with Gasteiger partial charge in [-0.1, -0.05) is 61.7 Å². The zero-order valence-electron chi connectivity index (χ0n) is 36.7. The van der Waals surface area contributed by atoms with Crippen molar-refractivity contribution in [2.45, 2.75) is 63.1 Å². The molecule has 66 heavy (non-hydrogen) atoms. The van der Waals surface area contributed by atoms with Crippen molar-refractivity contribution in [2.75, 3.05) is 71.9 Å². The largest absolute Gasteiger partial charge is 0.475 e. The molecule has 0 spiro atoms. The number of nitrogens with one attached hydrogen (secondary N) is 3. The number of amides is 3. The van der Waals surface area contributed by atoms with Gasteiger partial charge in [-0.15, -0.1) is 6.58 Å². The van der Waals surface area contributed by atoms with Gasteiger partial charge in [-0.05, 0) is 18.1 Å². The highest BCUT2D eigenvalue weighted by molar-refractivity contribution is 7.48. The average molecular weight is 950 g/mol. The third-order valence-corrected chi connectivity index (χ3v) is 10.1. The van der Waals surface area contributed by atoms with Crippen LogP contribution in [0.5, 0.6) is 0 Å². The van der Waals surface area contributed by atoms with E-state index < -0.39 is 99.7 Å². The van der Waals surface area contributed by atoms with Gasteiger partial charge in [0, 0.05) is 33.1 Å². The summed E-state index contributed by atoms with van der Waals surface area (Å²) in [4.78, 5) is 93.6. The smallest absolute Gasteiger partial charge is 0.462 e. The Kier molecular flexibility index (Phi) is 24.2. The predicted octanol–water partition coefficient (Wildman–Crippen LogP) is 2.47.